The minimum absolute atomic E-state index is 0.0572. The van der Waals surface area contributed by atoms with Gasteiger partial charge in [-0.05, 0) is 23.1 Å². The highest BCUT2D eigenvalue weighted by molar-refractivity contribution is 6.36. The van der Waals surface area contributed by atoms with E-state index in [1.807, 2.05) is 0 Å². The van der Waals surface area contributed by atoms with Crippen LogP contribution in [0.15, 0.2) is 18.2 Å². The number of rotatable bonds is 4. The minimum Gasteiger partial charge on any atom is -0.480 e. The first kappa shape index (κ1) is 16.8. The summed E-state index contributed by atoms with van der Waals surface area (Å²) in [6, 6.07) is 3.97. The Labute approximate surface area is 128 Å². The highest BCUT2D eigenvalue weighted by Gasteiger charge is 2.32. The van der Waals surface area contributed by atoms with E-state index in [1.54, 1.807) is 39.0 Å². The highest BCUT2D eigenvalue weighted by Crippen LogP contribution is 2.25. The van der Waals surface area contributed by atoms with Crippen LogP contribution in [0.4, 0.5) is 0 Å². The van der Waals surface area contributed by atoms with Crippen molar-refractivity contribution in [2.24, 2.45) is 5.41 Å². The second-order valence-corrected chi connectivity index (χ2v) is 6.40. The van der Waals surface area contributed by atoms with Crippen molar-refractivity contribution in [3.8, 4) is 0 Å². The average molecular weight is 318 g/mol. The van der Waals surface area contributed by atoms with E-state index in [0.717, 1.165) is 0 Å². The van der Waals surface area contributed by atoms with E-state index in [-0.39, 0.29) is 6.42 Å². The van der Waals surface area contributed by atoms with Crippen LogP contribution in [0.25, 0.3) is 0 Å². The predicted molar refractivity (Wildman–Crippen MR) is 79.2 cm³/mol. The molecule has 0 radical (unpaired) electrons. The lowest BCUT2D eigenvalue weighted by Gasteiger charge is -2.27. The van der Waals surface area contributed by atoms with Crippen LogP contribution in [0, 0.1) is 5.41 Å². The second kappa shape index (κ2) is 6.46. The average Bonchev–Trinajstić information content (AvgIpc) is 2.29. The molecule has 1 atom stereocenters. The van der Waals surface area contributed by atoms with Crippen LogP contribution in [0.5, 0.6) is 0 Å². The summed E-state index contributed by atoms with van der Waals surface area (Å²) < 4.78 is 0. The number of carbonyl (C=O) groups excluding carboxylic acids is 1. The number of aliphatic carboxylic acids is 1. The first-order valence-electron chi connectivity index (χ1n) is 6.08. The van der Waals surface area contributed by atoms with Crippen LogP contribution in [-0.2, 0) is 16.0 Å². The Morgan fingerprint density at radius 1 is 1.25 bits per heavy atom. The monoisotopic (exact) mass is 317 g/mol. The van der Waals surface area contributed by atoms with Crippen molar-refractivity contribution in [3.05, 3.63) is 33.8 Å². The topological polar surface area (TPSA) is 66.4 Å². The molecule has 20 heavy (non-hydrogen) atoms. The zero-order valence-electron chi connectivity index (χ0n) is 11.5. The lowest BCUT2D eigenvalue weighted by atomic mass is 9.86. The van der Waals surface area contributed by atoms with Crippen molar-refractivity contribution in [3.63, 3.8) is 0 Å². The number of carboxylic acid groups (broad SMARTS) is 1. The van der Waals surface area contributed by atoms with Gasteiger partial charge in [0.2, 0.25) is 5.91 Å². The van der Waals surface area contributed by atoms with E-state index in [9.17, 15) is 9.59 Å². The largest absolute Gasteiger partial charge is 0.480 e. The molecular formula is C14H17Cl2NO3. The van der Waals surface area contributed by atoms with E-state index in [2.05, 4.69) is 5.32 Å². The van der Waals surface area contributed by atoms with Gasteiger partial charge in [-0.1, -0.05) is 50.0 Å². The lowest BCUT2D eigenvalue weighted by Crippen LogP contribution is -2.49. The summed E-state index contributed by atoms with van der Waals surface area (Å²) in [5.41, 5.74) is -0.0995. The molecule has 0 aliphatic heterocycles. The standard InChI is InChI=1S/C14H17Cl2NO3/c1-14(2,3)12(13(19)20)17-11(18)7-8-9(15)5-4-6-10(8)16/h4-6,12H,7H2,1-3H3,(H,17,18)(H,19,20)/t12-/m1/s1. The third-order valence-electron chi connectivity index (χ3n) is 2.82. The molecule has 0 fully saturated rings. The summed E-state index contributed by atoms with van der Waals surface area (Å²) >= 11 is 12.0. The number of benzene rings is 1. The Bertz CT molecular complexity index is 503. The van der Waals surface area contributed by atoms with Crippen LogP contribution in [-0.4, -0.2) is 23.0 Å². The van der Waals surface area contributed by atoms with Crippen molar-refractivity contribution in [2.75, 3.05) is 0 Å². The fraction of sp³-hybridized carbons (Fsp3) is 0.429. The van der Waals surface area contributed by atoms with Crippen LogP contribution >= 0.6 is 23.2 Å². The minimum atomic E-state index is -1.07. The molecule has 0 unspecified atom stereocenters. The van der Waals surface area contributed by atoms with Crippen molar-refractivity contribution in [2.45, 2.75) is 33.2 Å². The van der Waals surface area contributed by atoms with Gasteiger partial charge in [-0.3, -0.25) is 4.79 Å². The van der Waals surface area contributed by atoms with Gasteiger partial charge in [0.15, 0.2) is 0 Å². The Kier molecular flexibility index (Phi) is 5.42. The van der Waals surface area contributed by atoms with Gasteiger partial charge in [-0.2, -0.15) is 0 Å². The molecule has 110 valence electrons. The molecule has 1 amide bonds. The van der Waals surface area contributed by atoms with Gasteiger partial charge in [-0.25, -0.2) is 4.79 Å². The zero-order chi connectivity index (χ0) is 15.5. The Morgan fingerprint density at radius 2 is 1.75 bits per heavy atom. The molecule has 0 heterocycles. The van der Waals surface area contributed by atoms with Gasteiger partial charge in [0, 0.05) is 10.0 Å². The lowest BCUT2D eigenvalue weighted by molar-refractivity contribution is -0.144. The molecule has 0 bridgehead atoms. The number of hydrogen-bond donors (Lipinski definition) is 2. The van der Waals surface area contributed by atoms with Crippen LogP contribution < -0.4 is 5.32 Å². The maximum Gasteiger partial charge on any atom is 0.326 e. The summed E-state index contributed by atoms with van der Waals surface area (Å²) in [4.78, 5) is 23.2. The van der Waals surface area contributed by atoms with E-state index < -0.39 is 23.3 Å². The van der Waals surface area contributed by atoms with Gasteiger partial charge in [0.05, 0.1) is 6.42 Å². The molecule has 6 heteroatoms. The SMILES string of the molecule is CC(C)(C)[C@H](NC(=O)Cc1c(Cl)cccc1Cl)C(=O)O. The molecule has 0 saturated carbocycles. The van der Waals surface area contributed by atoms with Crippen LogP contribution in [0.2, 0.25) is 10.0 Å². The van der Waals surface area contributed by atoms with Gasteiger partial charge in [-0.15, -0.1) is 0 Å². The molecular weight excluding hydrogens is 301 g/mol. The first-order valence-corrected chi connectivity index (χ1v) is 6.83. The summed E-state index contributed by atoms with van der Waals surface area (Å²) in [5.74, 6) is -1.50. The van der Waals surface area contributed by atoms with E-state index >= 15 is 0 Å². The van der Waals surface area contributed by atoms with E-state index in [4.69, 9.17) is 28.3 Å². The molecule has 1 aromatic rings. The highest BCUT2D eigenvalue weighted by atomic mass is 35.5. The van der Waals surface area contributed by atoms with Crippen molar-refractivity contribution in [1.29, 1.82) is 0 Å². The summed E-state index contributed by atoms with van der Waals surface area (Å²) in [6.07, 6.45) is -0.0572. The maximum atomic E-state index is 12.0. The molecule has 0 saturated heterocycles. The Morgan fingerprint density at radius 3 is 2.15 bits per heavy atom. The quantitative estimate of drug-likeness (QED) is 0.896. The predicted octanol–water partition coefficient (Wildman–Crippen LogP) is 3.15. The van der Waals surface area contributed by atoms with Gasteiger partial charge >= 0.3 is 5.97 Å². The molecule has 0 aromatic heterocycles. The Balaban J connectivity index is 2.84. The fourth-order valence-electron chi connectivity index (χ4n) is 1.72. The number of hydrogen-bond acceptors (Lipinski definition) is 2. The number of halogens is 2. The summed E-state index contributed by atoms with van der Waals surface area (Å²) in [5, 5.41) is 12.4. The van der Waals surface area contributed by atoms with E-state index in [1.165, 1.54) is 0 Å². The third-order valence-corrected chi connectivity index (χ3v) is 3.53. The normalized spacial score (nSPS) is 12.8. The third kappa shape index (κ3) is 4.39. The first-order chi connectivity index (χ1) is 9.12. The van der Waals surface area contributed by atoms with E-state index in [0.29, 0.717) is 15.6 Å². The van der Waals surface area contributed by atoms with Crippen molar-refractivity contribution >= 4 is 35.1 Å². The number of amides is 1. The number of nitrogens with one attached hydrogen (secondary N) is 1. The molecule has 0 aliphatic rings. The number of carboxylic acids is 1. The molecule has 0 aliphatic carbocycles. The Hall–Kier alpha value is -1.26. The van der Waals surface area contributed by atoms with Crippen molar-refractivity contribution in [1.82, 2.24) is 5.32 Å². The molecule has 1 aromatic carbocycles. The zero-order valence-corrected chi connectivity index (χ0v) is 13.0. The van der Waals surface area contributed by atoms with Gasteiger partial charge < -0.3 is 10.4 Å². The summed E-state index contributed by atoms with van der Waals surface area (Å²) in [7, 11) is 0. The molecule has 4 nitrogen and oxygen atoms in total. The molecule has 2 N–H and O–H groups in total. The van der Waals surface area contributed by atoms with Crippen LogP contribution in [0.1, 0.15) is 26.3 Å². The maximum absolute atomic E-state index is 12.0. The molecule has 1 rings (SSSR count). The second-order valence-electron chi connectivity index (χ2n) is 5.58. The summed E-state index contributed by atoms with van der Waals surface area (Å²) in [6.45, 7) is 5.23. The van der Waals surface area contributed by atoms with Crippen LogP contribution in [0.3, 0.4) is 0 Å². The molecule has 0 spiro atoms. The fourth-order valence-corrected chi connectivity index (χ4v) is 2.25. The van der Waals surface area contributed by atoms with Crippen molar-refractivity contribution < 1.29 is 14.7 Å². The number of carbonyl (C=O) groups is 2. The van der Waals surface area contributed by atoms with Gasteiger partial charge in [0.1, 0.15) is 6.04 Å². The smallest absolute Gasteiger partial charge is 0.326 e. The van der Waals surface area contributed by atoms with Gasteiger partial charge in [0.25, 0.3) is 0 Å².